The van der Waals surface area contributed by atoms with E-state index in [4.69, 9.17) is 4.74 Å². The van der Waals surface area contributed by atoms with Gasteiger partial charge in [-0.3, -0.25) is 9.59 Å². The third-order valence-electron chi connectivity index (χ3n) is 6.17. The van der Waals surface area contributed by atoms with Crippen LogP contribution < -0.4 is 16.0 Å². The highest BCUT2D eigenvalue weighted by atomic mass is 16.5. The van der Waals surface area contributed by atoms with Gasteiger partial charge in [-0.1, -0.05) is 43.3 Å². The lowest BCUT2D eigenvalue weighted by molar-refractivity contribution is 0.0674. The minimum atomic E-state index is -0.314. The molecule has 1 heterocycles. The highest BCUT2D eigenvalue weighted by molar-refractivity contribution is 6.05. The third-order valence-corrected chi connectivity index (χ3v) is 6.17. The largest absolute Gasteiger partial charge is 0.491 e. The van der Waals surface area contributed by atoms with Gasteiger partial charge in [0.2, 0.25) is 0 Å². The van der Waals surface area contributed by atoms with Gasteiger partial charge in [-0.05, 0) is 56.2 Å². The van der Waals surface area contributed by atoms with E-state index in [1.807, 2.05) is 62.4 Å². The van der Waals surface area contributed by atoms with E-state index in [0.29, 0.717) is 55.8 Å². The number of hydrogen-bond acceptors (Lipinski definition) is 4. The van der Waals surface area contributed by atoms with Gasteiger partial charge in [-0.25, -0.2) is 4.79 Å². The van der Waals surface area contributed by atoms with Crippen LogP contribution in [0, 0.1) is 0 Å². The lowest BCUT2D eigenvalue weighted by Crippen LogP contribution is -2.43. The van der Waals surface area contributed by atoms with E-state index in [2.05, 4.69) is 22.9 Å². The number of anilines is 1. The van der Waals surface area contributed by atoms with Crippen LogP contribution in [0.4, 0.5) is 10.5 Å². The summed E-state index contributed by atoms with van der Waals surface area (Å²) in [6.07, 6.45) is 8.29. The molecule has 3 N–H and O–H groups in total. The number of ether oxygens (including phenoxy) is 1. The predicted octanol–water partition coefficient (Wildman–Crippen LogP) is 5.25. The molecule has 1 saturated heterocycles. The SMILES string of the molecule is C/C=C\C(=C/CC)OC1CCN(C(=O)Nc2cc(C(=O)NCc3ccccc3)ccc2C(=O)NCC)CC1. The van der Waals surface area contributed by atoms with Gasteiger partial charge in [0, 0.05) is 44.6 Å². The molecule has 0 spiro atoms. The van der Waals surface area contributed by atoms with Gasteiger partial charge >= 0.3 is 6.03 Å². The van der Waals surface area contributed by atoms with Crippen LogP contribution in [0.2, 0.25) is 0 Å². The van der Waals surface area contributed by atoms with E-state index in [-0.39, 0.29) is 23.9 Å². The number of amides is 4. The van der Waals surface area contributed by atoms with E-state index in [9.17, 15) is 14.4 Å². The van der Waals surface area contributed by atoms with Crippen molar-refractivity contribution in [2.24, 2.45) is 0 Å². The van der Waals surface area contributed by atoms with E-state index in [1.165, 1.54) is 0 Å². The summed E-state index contributed by atoms with van der Waals surface area (Å²) in [7, 11) is 0. The van der Waals surface area contributed by atoms with Crippen LogP contribution in [0.1, 0.15) is 66.3 Å². The molecule has 1 fully saturated rings. The average Bonchev–Trinajstić information content (AvgIpc) is 2.93. The number of allylic oxidation sites excluding steroid dienone is 3. The number of benzene rings is 2. The molecule has 0 aromatic heterocycles. The Labute approximate surface area is 225 Å². The van der Waals surface area contributed by atoms with Crippen molar-refractivity contribution in [3.8, 4) is 0 Å². The van der Waals surface area contributed by atoms with Crippen molar-refractivity contribution < 1.29 is 19.1 Å². The van der Waals surface area contributed by atoms with Gasteiger partial charge in [0.15, 0.2) is 0 Å². The van der Waals surface area contributed by atoms with E-state index in [1.54, 1.807) is 23.1 Å². The summed E-state index contributed by atoms with van der Waals surface area (Å²) < 4.78 is 6.11. The van der Waals surface area contributed by atoms with Gasteiger partial charge in [-0.2, -0.15) is 0 Å². The van der Waals surface area contributed by atoms with Crippen molar-refractivity contribution in [3.05, 3.63) is 89.2 Å². The number of likely N-dealkylation sites (tertiary alicyclic amines) is 1. The molecule has 0 atom stereocenters. The highest BCUT2D eigenvalue weighted by Crippen LogP contribution is 2.22. The molecule has 0 saturated carbocycles. The van der Waals surface area contributed by atoms with Gasteiger partial charge in [0.1, 0.15) is 11.9 Å². The molecule has 202 valence electrons. The molecule has 0 aliphatic carbocycles. The smallest absolute Gasteiger partial charge is 0.321 e. The zero-order valence-corrected chi connectivity index (χ0v) is 22.5. The molecule has 0 radical (unpaired) electrons. The van der Waals surface area contributed by atoms with Crippen molar-refractivity contribution in [3.63, 3.8) is 0 Å². The Kier molecular flexibility index (Phi) is 11.0. The van der Waals surface area contributed by atoms with E-state index >= 15 is 0 Å². The number of nitrogens with zero attached hydrogens (tertiary/aromatic N) is 1. The molecule has 38 heavy (non-hydrogen) atoms. The first-order valence-electron chi connectivity index (χ1n) is 13.2. The molecule has 1 aliphatic heterocycles. The number of carbonyl (C=O) groups is 3. The normalized spacial score (nSPS) is 14.3. The first kappa shape index (κ1) is 28.5. The maximum absolute atomic E-state index is 13.1. The molecular weight excluding hydrogens is 480 g/mol. The second-order valence-corrected chi connectivity index (χ2v) is 9.04. The Morgan fingerprint density at radius 2 is 1.74 bits per heavy atom. The lowest BCUT2D eigenvalue weighted by atomic mass is 10.1. The van der Waals surface area contributed by atoms with E-state index in [0.717, 1.165) is 17.7 Å². The zero-order chi connectivity index (χ0) is 27.3. The molecule has 2 aromatic carbocycles. The molecule has 1 aliphatic rings. The molecule has 2 aromatic rings. The van der Waals surface area contributed by atoms with Crippen LogP contribution in [0.5, 0.6) is 0 Å². The van der Waals surface area contributed by atoms with Gasteiger partial charge in [0.25, 0.3) is 11.8 Å². The van der Waals surface area contributed by atoms with E-state index < -0.39 is 0 Å². The number of nitrogens with one attached hydrogen (secondary N) is 3. The number of hydrogen-bond donors (Lipinski definition) is 3. The Morgan fingerprint density at radius 1 is 1.00 bits per heavy atom. The molecular formula is C30H38N4O4. The summed E-state index contributed by atoms with van der Waals surface area (Å²) in [5.41, 5.74) is 1.94. The molecule has 0 unspecified atom stereocenters. The minimum Gasteiger partial charge on any atom is -0.491 e. The summed E-state index contributed by atoms with van der Waals surface area (Å²) >= 11 is 0. The second-order valence-electron chi connectivity index (χ2n) is 9.04. The summed E-state index contributed by atoms with van der Waals surface area (Å²) in [6, 6.07) is 14.0. The lowest BCUT2D eigenvalue weighted by Gasteiger charge is -2.32. The van der Waals surface area contributed by atoms with Gasteiger partial charge in [-0.15, -0.1) is 0 Å². The van der Waals surface area contributed by atoms with Crippen LogP contribution in [0.25, 0.3) is 0 Å². The maximum Gasteiger partial charge on any atom is 0.321 e. The second kappa shape index (κ2) is 14.6. The van der Waals surface area contributed by atoms with Crippen molar-refractivity contribution in [1.82, 2.24) is 15.5 Å². The number of rotatable bonds is 10. The first-order valence-corrected chi connectivity index (χ1v) is 13.2. The Morgan fingerprint density at radius 3 is 2.39 bits per heavy atom. The standard InChI is InChI=1S/C30H38N4O4/c1-4-10-24(11-5-2)38-25-16-18-34(19-17-25)30(37)33-27-20-23(14-15-26(27)29(36)31-6-3)28(35)32-21-22-12-8-7-9-13-22/h4,7-15,20,25H,5-6,16-19,21H2,1-3H3,(H,31,36)(H,32,35)(H,33,37)/b10-4-,24-11+. The van der Waals surface area contributed by atoms with Crippen LogP contribution in [0.3, 0.4) is 0 Å². The highest BCUT2D eigenvalue weighted by Gasteiger charge is 2.25. The Hall–Kier alpha value is -4.07. The van der Waals surface area contributed by atoms with Crippen LogP contribution in [-0.2, 0) is 11.3 Å². The van der Waals surface area contributed by atoms with Crippen molar-refractivity contribution in [2.45, 2.75) is 52.7 Å². The minimum absolute atomic E-state index is 0.0376. The first-order chi connectivity index (χ1) is 18.4. The fraction of sp³-hybridized carbons (Fsp3) is 0.367. The monoisotopic (exact) mass is 518 g/mol. The number of piperidine rings is 1. The quantitative estimate of drug-likeness (QED) is 0.295. The van der Waals surface area contributed by atoms with Crippen LogP contribution in [0.15, 0.2) is 72.5 Å². The van der Waals surface area contributed by atoms with Gasteiger partial charge < -0.3 is 25.6 Å². The molecule has 0 bridgehead atoms. The fourth-order valence-corrected chi connectivity index (χ4v) is 4.21. The summed E-state index contributed by atoms with van der Waals surface area (Å²) in [4.78, 5) is 40.3. The number of urea groups is 1. The fourth-order valence-electron chi connectivity index (χ4n) is 4.21. The molecule has 4 amide bonds. The summed E-state index contributed by atoms with van der Waals surface area (Å²) in [6.45, 7) is 7.72. The number of carbonyl (C=O) groups excluding carboxylic acids is 3. The van der Waals surface area contributed by atoms with Gasteiger partial charge in [0.05, 0.1) is 11.3 Å². The third kappa shape index (κ3) is 8.23. The Balaban J connectivity index is 1.67. The summed E-state index contributed by atoms with van der Waals surface area (Å²) in [5.74, 6) is 0.249. The summed E-state index contributed by atoms with van der Waals surface area (Å²) in [5, 5.41) is 8.52. The molecule has 8 heteroatoms. The van der Waals surface area contributed by atoms with Crippen LogP contribution >= 0.6 is 0 Å². The van der Waals surface area contributed by atoms with Crippen molar-refractivity contribution in [1.29, 1.82) is 0 Å². The Bertz CT molecular complexity index is 1150. The maximum atomic E-state index is 13.1. The topological polar surface area (TPSA) is 99.8 Å². The predicted molar refractivity (Wildman–Crippen MR) is 150 cm³/mol. The van der Waals surface area contributed by atoms with Crippen molar-refractivity contribution >= 4 is 23.5 Å². The van der Waals surface area contributed by atoms with Crippen LogP contribution in [-0.4, -0.2) is 48.5 Å². The molecule has 8 nitrogen and oxygen atoms in total. The van der Waals surface area contributed by atoms with Crippen molar-refractivity contribution in [2.75, 3.05) is 25.0 Å². The zero-order valence-electron chi connectivity index (χ0n) is 22.5. The molecule has 3 rings (SSSR count). The average molecular weight is 519 g/mol.